The second kappa shape index (κ2) is 6.63. The van der Waals surface area contributed by atoms with Crippen LogP contribution in [-0.2, 0) is 6.42 Å². The fraction of sp³-hybridized carbons (Fsp3) is 0.400. The molecule has 0 saturated carbocycles. The van der Waals surface area contributed by atoms with Crippen molar-refractivity contribution in [2.75, 3.05) is 28.3 Å². The first-order valence-corrected chi connectivity index (χ1v) is 8.10. The van der Waals surface area contributed by atoms with Gasteiger partial charge in [-0.25, -0.2) is 0 Å². The Bertz CT molecular complexity index is 667. The highest BCUT2D eigenvalue weighted by atomic mass is 16.5. The van der Waals surface area contributed by atoms with Gasteiger partial charge in [0.05, 0.1) is 14.2 Å². The van der Waals surface area contributed by atoms with E-state index < -0.39 is 0 Å². The molecule has 0 aromatic heterocycles. The molecule has 0 N–H and O–H groups in total. The minimum absolute atomic E-state index is 0.396. The van der Waals surface area contributed by atoms with Crippen LogP contribution < -0.4 is 9.47 Å². The normalized spacial score (nSPS) is 20.2. The van der Waals surface area contributed by atoms with E-state index in [1.807, 2.05) is 0 Å². The highest BCUT2D eigenvalue weighted by molar-refractivity contribution is 5.52. The van der Waals surface area contributed by atoms with Crippen LogP contribution in [0.3, 0.4) is 0 Å². The molecule has 2 aromatic carbocycles. The average Bonchev–Trinajstić information content (AvgIpc) is 2.60. The molecule has 3 heteroatoms. The second-order valence-electron chi connectivity index (χ2n) is 6.43. The lowest BCUT2D eigenvalue weighted by Gasteiger charge is -2.36. The molecule has 0 saturated heterocycles. The summed E-state index contributed by atoms with van der Waals surface area (Å²) in [6, 6.07) is 15.6. The number of benzene rings is 2. The molecule has 23 heavy (non-hydrogen) atoms. The molecule has 3 nitrogen and oxygen atoms in total. The topological polar surface area (TPSA) is 21.7 Å². The second-order valence-corrected chi connectivity index (χ2v) is 6.43. The number of fused-ring (bicyclic) bond motifs is 1. The molecule has 0 spiro atoms. The molecule has 3 rings (SSSR count). The third kappa shape index (κ3) is 3.06. The van der Waals surface area contributed by atoms with Crippen molar-refractivity contribution in [3.8, 4) is 11.5 Å². The van der Waals surface area contributed by atoms with Crippen molar-refractivity contribution in [3.05, 3.63) is 59.2 Å². The zero-order valence-corrected chi connectivity index (χ0v) is 14.4. The molecular weight excluding hydrogens is 286 g/mol. The Hall–Kier alpha value is -2.00. The van der Waals surface area contributed by atoms with Crippen LogP contribution in [0.2, 0.25) is 0 Å². The maximum atomic E-state index is 5.53. The molecule has 2 atom stereocenters. The number of methoxy groups -OCH3 is 2. The number of hydrogen-bond acceptors (Lipinski definition) is 3. The lowest BCUT2D eigenvalue weighted by molar-refractivity contribution is 0.257. The van der Waals surface area contributed by atoms with E-state index in [0.29, 0.717) is 12.0 Å². The first-order valence-electron chi connectivity index (χ1n) is 8.10. The van der Waals surface area contributed by atoms with Gasteiger partial charge in [-0.1, -0.05) is 30.3 Å². The monoisotopic (exact) mass is 311 g/mol. The van der Waals surface area contributed by atoms with E-state index in [2.05, 4.69) is 61.5 Å². The Morgan fingerprint density at radius 1 is 0.957 bits per heavy atom. The lowest BCUT2D eigenvalue weighted by Crippen LogP contribution is -2.35. The smallest absolute Gasteiger partial charge is 0.161 e. The molecule has 122 valence electrons. The summed E-state index contributed by atoms with van der Waals surface area (Å²) in [5.41, 5.74) is 4.10. The first-order chi connectivity index (χ1) is 11.1. The van der Waals surface area contributed by atoms with Crippen molar-refractivity contribution in [1.29, 1.82) is 0 Å². The van der Waals surface area contributed by atoms with Gasteiger partial charge >= 0.3 is 0 Å². The quantitative estimate of drug-likeness (QED) is 0.859. The third-order valence-electron chi connectivity index (χ3n) is 4.92. The van der Waals surface area contributed by atoms with E-state index in [1.165, 1.54) is 16.7 Å². The molecule has 0 aliphatic heterocycles. The first kappa shape index (κ1) is 15.9. The average molecular weight is 311 g/mol. The van der Waals surface area contributed by atoms with E-state index in [4.69, 9.17) is 9.47 Å². The summed E-state index contributed by atoms with van der Waals surface area (Å²) in [7, 11) is 7.73. The van der Waals surface area contributed by atoms with Gasteiger partial charge < -0.3 is 14.4 Å². The van der Waals surface area contributed by atoms with Crippen LogP contribution in [0.1, 0.15) is 29.0 Å². The van der Waals surface area contributed by atoms with Crippen LogP contribution in [-0.4, -0.2) is 39.3 Å². The predicted octanol–water partition coefficient (Wildman–Crippen LogP) is 3.71. The molecule has 1 aliphatic rings. The summed E-state index contributed by atoms with van der Waals surface area (Å²) in [5, 5.41) is 0. The number of rotatable bonds is 4. The van der Waals surface area contributed by atoms with Crippen LogP contribution in [0, 0.1) is 0 Å². The van der Waals surface area contributed by atoms with E-state index in [9.17, 15) is 0 Å². The summed E-state index contributed by atoms with van der Waals surface area (Å²) in [6.45, 7) is 0. The lowest BCUT2D eigenvalue weighted by atomic mass is 9.76. The van der Waals surface area contributed by atoms with Gasteiger partial charge in [-0.15, -0.1) is 0 Å². The van der Waals surface area contributed by atoms with E-state index >= 15 is 0 Å². The standard InChI is InChI=1S/C20H25NO2/c1-21(2)16-10-15-11-19(22-3)20(23-4)13-18(15)17(12-16)14-8-6-5-7-9-14/h5-9,11,13,16-17H,10,12H2,1-4H3/t16-,17-/m0/s1. The number of nitrogens with zero attached hydrogens (tertiary/aromatic N) is 1. The summed E-state index contributed by atoms with van der Waals surface area (Å²) >= 11 is 0. The van der Waals surface area contributed by atoms with Crippen molar-refractivity contribution in [2.24, 2.45) is 0 Å². The SMILES string of the molecule is COc1cc2c(cc1OC)[C@H](c1ccccc1)C[C@@H](N(C)C)C2. The minimum atomic E-state index is 0.396. The maximum Gasteiger partial charge on any atom is 0.161 e. The largest absolute Gasteiger partial charge is 0.493 e. The molecule has 0 radical (unpaired) electrons. The van der Waals surface area contributed by atoms with Crippen LogP contribution in [0.25, 0.3) is 0 Å². The molecule has 0 bridgehead atoms. The van der Waals surface area contributed by atoms with Gasteiger partial charge in [0.25, 0.3) is 0 Å². The summed E-state index contributed by atoms with van der Waals surface area (Å²) in [6.07, 6.45) is 2.17. The van der Waals surface area contributed by atoms with Crippen LogP contribution in [0.4, 0.5) is 0 Å². The van der Waals surface area contributed by atoms with Crippen LogP contribution >= 0.6 is 0 Å². The van der Waals surface area contributed by atoms with Crippen LogP contribution in [0.15, 0.2) is 42.5 Å². The Kier molecular flexibility index (Phi) is 4.58. The number of ether oxygens (including phenoxy) is 2. The van der Waals surface area contributed by atoms with Gasteiger partial charge in [-0.05, 0) is 55.8 Å². The van der Waals surface area contributed by atoms with Crippen molar-refractivity contribution < 1.29 is 9.47 Å². The zero-order valence-electron chi connectivity index (χ0n) is 14.4. The number of hydrogen-bond donors (Lipinski definition) is 0. The Labute approximate surface area is 138 Å². The van der Waals surface area contributed by atoms with Crippen LogP contribution in [0.5, 0.6) is 11.5 Å². The summed E-state index contributed by atoms with van der Waals surface area (Å²) in [4.78, 5) is 2.33. The highest BCUT2D eigenvalue weighted by Crippen LogP contribution is 2.42. The fourth-order valence-electron chi connectivity index (χ4n) is 3.57. The van der Waals surface area contributed by atoms with Crippen molar-refractivity contribution >= 4 is 0 Å². The molecule has 0 amide bonds. The van der Waals surface area contributed by atoms with Crippen molar-refractivity contribution in [1.82, 2.24) is 4.90 Å². The van der Waals surface area contributed by atoms with E-state index in [0.717, 1.165) is 24.3 Å². The van der Waals surface area contributed by atoms with E-state index in [-0.39, 0.29) is 0 Å². The zero-order chi connectivity index (χ0) is 16.4. The third-order valence-corrected chi connectivity index (χ3v) is 4.92. The maximum absolute atomic E-state index is 5.53. The van der Waals surface area contributed by atoms with Gasteiger partial charge in [0.15, 0.2) is 11.5 Å². The fourth-order valence-corrected chi connectivity index (χ4v) is 3.57. The summed E-state index contributed by atoms with van der Waals surface area (Å²) in [5.74, 6) is 2.03. The molecule has 1 aliphatic carbocycles. The van der Waals surface area contributed by atoms with Gasteiger partial charge in [-0.3, -0.25) is 0 Å². The molecule has 2 aromatic rings. The summed E-state index contributed by atoms with van der Waals surface area (Å²) < 4.78 is 11.0. The van der Waals surface area contributed by atoms with Gasteiger partial charge in [0.1, 0.15) is 0 Å². The highest BCUT2D eigenvalue weighted by Gasteiger charge is 2.30. The molecule has 0 heterocycles. The molecular formula is C20H25NO2. The Balaban J connectivity index is 2.11. The van der Waals surface area contributed by atoms with Gasteiger partial charge in [0, 0.05) is 12.0 Å². The van der Waals surface area contributed by atoms with E-state index in [1.54, 1.807) is 14.2 Å². The van der Waals surface area contributed by atoms with Crippen molar-refractivity contribution in [2.45, 2.75) is 24.8 Å². The van der Waals surface area contributed by atoms with Gasteiger partial charge in [-0.2, -0.15) is 0 Å². The Morgan fingerprint density at radius 2 is 1.61 bits per heavy atom. The van der Waals surface area contributed by atoms with Gasteiger partial charge in [0.2, 0.25) is 0 Å². The number of likely N-dealkylation sites (N-methyl/N-ethyl adjacent to an activating group) is 1. The van der Waals surface area contributed by atoms with Crippen molar-refractivity contribution in [3.63, 3.8) is 0 Å². The Morgan fingerprint density at radius 3 is 2.22 bits per heavy atom. The minimum Gasteiger partial charge on any atom is -0.493 e. The molecule has 0 fully saturated rings. The predicted molar refractivity (Wildman–Crippen MR) is 93.6 cm³/mol. The molecule has 0 unspecified atom stereocenters.